The zero-order valence-corrected chi connectivity index (χ0v) is 11.9. The summed E-state index contributed by atoms with van der Waals surface area (Å²) in [4.78, 5) is 11.8. The molecule has 0 aliphatic carbocycles. The summed E-state index contributed by atoms with van der Waals surface area (Å²) in [5.74, 6) is 0.191. The molecule has 1 unspecified atom stereocenters. The second kappa shape index (κ2) is 7.74. The number of rotatable bonds is 6. The molecular weight excluding hydrogens is 238 g/mol. The third-order valence-electron chi connectivity index (χ3n) is 3.08. The monoisotopic (exact) mass is 261 g/mol. The highest BCUT2D eigenvalue weighted by Crippen LogP contribution is 2.07. The quantitative estimate of drug-likeness (QED) is 0.773. The van der Waals surface area contributed by atoms with Crippen molar-refractivity contribution in [1.82, 2.24) is 5.32 Å². The molecule has 0 spiro atoms. The van der Waals surface area contributed by atoms with Crippen molar-refractivity contribution in [2.45, 2.75) is 33.2 Å². The molecule has 0 aromatic heterocycles. The minimum absolute atomic E-state index is 0.0140. The molecule has 0 heterocycles. The lowest BCUT2D eigenvalue weighted by molar-refractivity contribution is -0.117. The van der Waals surface area contributed by atoms with Gasteiger partial charge < -0.3 is 10.4 Å². The lowest BCUT2D eigenvalue weighted by Crippen LogP contribution is -2.38. The van der Waals surface area contributed by atoms with Gasteiger partial charge in [0.05, 0.1) is 0 Å². The molecule has 0 saturated heterocycles. The van der Waals surface area contributed by atoms with E-state index in [1.165, 1.54) is 11.6 Å². The summed E-state index contributed by atoms with van der Waals surface area (Å²) in [6.07, 6.45) is 3.92. The Labute approximate surface area is 115 Å². The van der Waals surface area contributed by atoms with Crippen molar-refractivity contribution in [3.8, 4) is 0 Å². The molecule has 104 valence electrons. The van der Waals surface area contributed by atoms with Gasteiger partial charge in [0, 0.05) is 18.7 Å². The molecule has 1 aromatic rings. The predicted octanol–water partition coefficient (Wildman–Crippen LogP) is 2.53. The maximum absolute atomic E-state index is 11.8. The van der Waals surface area contributed by atoms with E-state index in [-0.39, 0.29) is 18.6 Å². The van der Waals surface area contributed by atoms with Crippen LogP contribution in [0.5, 0.6) is 0 Å². The van der Waals surface area contributed by atoms with Gasteiger partial charge in [0.2, 0.25) is 5.91 Å². The highest BCUT2D eigenvalue weighted by molar-refractivity contribution is 5.91. The first-order valence-corrected chi connectivity index (χ1v) is 6.69. The zero-order chi connectivity index (χ0) is 14.3. The van der Waals surface area contributed by atoms with Crippen LogP contribution in [0.2, 0.25) is 0 Å². The van der Waals surface area contributed by atoms with Crippen LogP contribution in [-0.4, -0.2) is 23.7 Å². The number of benzene rings is 1. The summed E-state index contributed by atoms with van der Waals surface area (Å²) in [6, 6.07) is 8.00. The van der Waals surface area contributed by atoms with E-state index in [1.54, 1.807) is 6.08 Å². The Balaban J connectivity index is 2.56. The maximum atomic E-state index is 11.8. The van der Waals surface area contributed by atoms with Gasteiger partial charge in [0.1, 0.15) is 0 Å². The van der Waals surface area contributed by atoms with Gasteiger partial charge in [-0.05, 0) is 30.9 Å². The molecule has 0 fully saturated rings. The molecular formula is C16H23NO2. The standard InChI is InChI=1S/C16H23NO2/c1-12(2)15(10-11-18)17-16(19)9-8-14-6-4-13(3)5-7-14/h4-9,12,15,18H,10-11H2,1-3H3,(H,17,19)/b9-8+. The third kappa shape index (κ3) is 5.71. The summed E-state index contributed by atoms with van der Waals surface area (Å²) in [7, 11) is 0. The van der Waals surface area contributed by atoms with E-state index < -0.39 is 0 Å². The van der Waals surface area contributed by atoms with Crippen LogP contribution in [0.3, 0.4) is 0 Å². The van der Waals surface area contributed by atoms with Crippen LogP contribution < -0.4 is 5.32 Å². The third-order valence-corrected chi connectivity index (χ3v) is 3.08. The van der Waals surface area contributed by atoms with Gasteiger partial charge in [-0.3, -0.25) is 4.79 Å². The smallest absolute Gasteiger partial charge is 0.244 e. The number of nitrogens with one attached hydrogen (secondary N) is 1. The number of hydrogen-bond donors (Lipinski definition) is 2. The SMILES string of the molecule is Cc1ccc(/C=C/C(=O)NC(CCO)C(C)C)cc1. The number of amides is 1. The summed E-state index contributed by atoms with van der Waals surface area (Å²) in [5, 5.41) is 11.9. The van der Waals surface area contributed by atoms with E-state index >= 15 is 0 Å². The summed E-state index contributed by atoms with van der Waals surface area (Å²) >= 11 is 0. The number of aliphatic hydroxyl groups excluding tert-OH is 1. The summed E-state index contributed by atoms with van der Waals surface area (Å²) < 4.78 is 0. The van der Waals surface area contributed by atoms with Gasteiger partial charge in [0.25, 0.3) is 0 Å². The molecule has 1 rings (SSSR count). The van der Waals surface area contributed by atoms with Crippen LogP contribution in [0, 0.1) is 12.8 Å². The molecule has 2 N–H and O–H groups in total. The van der Waals surface area contributed by atoms with Gasteiger partial charge in [-0.25, -0.2) is 0 Å². The van der Waals surface area contributed by atoms with Crippen molar-refractivity contribution in [3.63, 3.8) is 0 Å². The van der Waals surface area contributed by atoms with Gasteiger partial charge in [-0.2, -0.15) is 0 Å². The van der Waals surface area contributed by atoms with Crippen LogP contribution in [-0.2, 0) is 4.79 Å². The van der Waals surface area contributed by atoms with E-state index in [9.17, 15) is 4.79 Å². The predicted molar refractivity (Wildman–Crippen MR) is 78.7 cm³/mol. The molecule has 1 atom stereocenters. The molecule has 19 heavy (non-hydrogen) atoms. The van der Waals surface area contributed by atoms with Crippen LogP contribution in [0.15, 0.2) is 30.3 Å². The lowest BCUT2D eigenvalue weighted by atomic mass is 10.0. The Kier molecular flexibility index (Phi) is 6.30. The summed E-state index contributed by atoms with van der Waals surface area (Å²) in [6.45, 7) is 6.18. The van der Waals surface area contributed by atoms with Crippen LogP contribution >= 0.6 is 0 Å². The Hall–Kier alpha value is -1.61. The van der Waals surface area contributed by atoms with Crippen molar-refractivity contribution < 1.29 is 9.90 Å². The van der Waals surface area contributed by atoms with Crippen molar-refractivity contribution >= 4 is 12.0 Å². The molecule has 0 aliphatic rings. The van der Waals surface area contributed by atoms with Gasteiger partial charge in [0.15, 0.2) is 0 Å². The molecule has 0 bridgehead atoms. The average Bonchev–Trinajstić information content (AvgIpc) is 2.37. The van der Waals surface area contributed by atoms with E-state index in [2.05, 4.69) is 5.32 Å². The van der Waals surface area contributed by atoms with Gasteiger partial charge in [-0.15, -0.1) is 0 Å². The van der Waals surface area contributed by atoms with Crippen LogP contribution in [0.25, 0.3) is 6.08 Å². The first-order valence-electron chi connectivity index (χ1n) is 6.69. The number of aliphatic hydroxyl groups is 1. The molecule has 0 aliphatic heterocycles. The fourth-order valence-corrected chi connectivity index (χ4v) is 1.79. The molecule has 3 nitrogen and oxygen atoms in total. The van der Waals surface area contributed by atoms with Crippen molar-refractivity contribution in [1.29, 1.82) is 0 Å². The Bertz CT molecular complexity index is 421. The molecule has 0 saturated carbocycles. The number of aryl methyl sites for hydroxylation is 1. The van der Waals surface area contributed by atoms with E-state index in [1.807, 2.05) is 45.0 Å². The first kappa shape index (κ1) is 15.4. The Morgan fingerprint density at radius 2 is 1.95 bits per heavy atom. The van der Waals surface area contributed by atoms with Crippen molar-refractivity contribution in [3.05, 3.63) is 41.5 Å². The maximum Gasteiger partial charge on any atom is 0.244 e. The largest absolute Gasteiger partial charge is 0.396 e. The minimum Gasteiger partial charge on any atom is -0.396 e. The highest BCUT2D eigenvalue weighted by atomic mass is 16.3. The molecule has 1 aromatic carbocycles. The second-order valence-corrected chi connectivity index (χ2v) is 5.12. The zero-order valence-electron chi connectivity index (χ0n) is 11.9. The number of hydrogen-bond acceptors (Lipinski definition) is 2. The molecule has 3 heteroatoms. The Morgan fingerprint density at radius 3 is 2.47 bits per heavy atom. The van der Waals surface area contributed by atoms with Gasteiger partial charge in [-0.1, -0.05) is 43.7 Å². The van der Waals surface area contributed by atoms with Crippen molar-refractivity contribution in [2.75, 3.05) is 6.61 Å². The van der Waals surface area contributed by atoms with E-state index in [0.29, 0.717) is 12.3 Å². The fourth-order valence-electron chi connectivity index (χ4n) is 1.79. The minimum atomic E-state index is -0.118. The first-order chi connectivity index (χ1) is 9.02. The molecule has 0 radical (unpaired) electrons. The average molecular weight is 261 g/mol. The van der Waals surface area contributed by atoms with E-state index in [0.717, 1.165) is 5.56 Å². The van der Waals surface area contributed by atoms with Crippen LogP contribution in [0.4, 0.5) is 0 Å². The van der Waals surface area contributed by atoms with E-state index in [4.69, 9.17) is 5.11 Å². The number of carbonyl (C=O) groups excluding carboxylic acids is 1. The van der Waals surface area contributed by atoms with Crippen molar-refractivity contribution in [2.24, 2.45) is 5.92 Å². The normalized spacial score (nSPS) is 12.9. The van der Waals surface area contributed by atoms with Gasteiger partial charge >= 0.3 is 0 Å². The Morgan fingerprint density at radius 1 is 1.32 bits per heavy atom. The number of carbonyl (C=O) groups is 1. The topological polar surface area (TPSA) is 49.3 Å². The highest BCUT2D eigenvalue weighted by Gasteiger charge is 2.13. The second-order valence-electron chi connectivity index (χ2n) is 5.12. The molecule has 1 amide bonds. The van der Waals surface area contributed by atoms with Crippen LogP contribution in [0.1, 0.15) is 31.4 Å². The summed E-state index contributed by atoms with van der Waals surface area (Å²) in [5.41, 5.74) is 2.20. The lowest BCUT2D eigenvalue weighted by Gasteiger charge is -2.20. The fraction of sp³-hybridized carbons (Fsp3) is 0.438.